The summed E-state index contributed by atoms with van der Waals surface area (Å²) in [6, 6.07) is 9.74. The number of ether oxygens (including phenoxy) is 1. The smallest absolute Gasteiger partial charge is 0.276 e. The lowest BCUT2D eigenvalue weighted by molar-refractivity contribution is -0.385. The molecule has 0 atom stereocenters. The van der Waals surface area contributed by atoms with Gasteiger partial charge in [-0.1, -0.05) is 6.07 Å². The lowest BCUT2D eigenvalue weighted by atomic mass is 10.1. The molecule has 0 N–H and O–H groups in total. The Bertz CT molecular complexity index is 720. The van der Waals surface area contributed by atoms with Crippen molar-refractivity contribution in [2.75, 3.05) is 0 Å². The van der Waals surface area contributed by atoms with Crippen molar-refractivity contribution in [2.45, 2.75) is 13.8 Å². The minimum atomic E-state index is -0.458. The zero-order valence-corrected chi connectivity index (χ0v) is 11.0. The van der Waals surface area contributed by atoms with Gasteiger partial charge in [-0.05, 0) is 31.5 Å². The van der Waals surface area contributed by atoms with Gasteiger partial charge in [0.25, 0.3) is 5.69 Å². The number of nitro benzene ring substituents is 1. The van der Waals surface area contributed by atoms with Crippen LogP contribution >= 0.6 is 0 Å². The number of nitrogens with zero attached hydrogens (tertiary/aromatic N) is 3. The number of hydrogen-bond donors (Lipinski definition) is 0. The zero-order chi connectivity index (χ0) is 14.7. The van der Waals surface area contributed by atoms with Gasteiger partial charge in [-0.3, -0.25) is 10.1 Å². The fraction of sp³-hybridized carbons (Fsp3) is 0.143. The molecule has 2 rings (SSSR count). The van der Waals surface area contributed by atoms with Crippen LogP contribution in [0.1, 0.15) is 16.8 Å². The fourth-order valence-electron chi connectivity index (χ4n) is 1.77. The van der Waals surface area contributed by atoms with Gasteiger partial charge in [0.15, 0.2) is 0 Å². The van der Waals surface area contributed by atoms with E-state index in [1.165, 1.54) is 6.07 Å². The van der Waals surface area contributed by atoms with Crippen molar-refractivity contribution in [3.63, 3.8) is 0 Å². The number of benzene rings is 1. The van der Waals surface area contributed by atoms with Gasteiger partial charge < -0.3 is 4.74 Å². The molecule has 100 valence electrons. The van der Waals surface area contributed by atoms with Gasteiger partial charge >= 0.3 is 0 Å². The number of rotatable bonds is 3. The lowest BCUT2D eigenvalue weighted by Crippen LogP contribution is -1.96. The maximum atomic E-state index is 10.9. The molecule has 0 aliphatic heterocycles. The van der Waals surface area contributed by atoms with Crippen molar-refractivity contribution in [1.82, 2.24) is 4.98 Å². The van der Waals surface area contributed by atoms with Crippen molar-refractivity contribution >= 4 is 5.69 Å². The molecule has 6 nitrogen and oxygen atoms in total. The molecule has 0 fully saturated rings. The first-order valence-corrected chi connectivity index (χ1v) is 5.82. The molecule has 1 aromatic carbocycles. The van der Waals surface area contributed by atoms with Crippen molar-refractivity contribution in [3.05, 3.63) is 57.3 Å². The maximum Gasteiger partial charge on any atom is 0.276 e. The van der Waals surface area contributed by atoms with Crippen LogP contribution in [-0.4, -0.2) is 9.91 Å². The van der Waals surface area contributed by atoms with Crippen molar-refractivity contribution in [1.29, 1.82) is 5.26 Å². The Morgan fingerprint density at radius 1 is 1.30 bits per heavy atom. The second-order valence-corrected chi connectivity index (χ2v) is 4.24. The molecule has 0 spiro atoms. The van der Waals surface area contributed by atoms with Crippen molar-refractivity contribution in [2.24, 2.45) is 0 Å². The number of aryl methyl sites for hydroxylation is 2. The van der Waals surface area contributed by atoms with Crippen LogP contribution in [0.15, 0.2) is 30.3 Å². The standard InChI is InChI=1S/C14H11N3O3/c1-9-6-10(2)13(7-12(9)17(18)19)20-14-5-3-4-11(8-15)16-14/h3-7H,1-2H3. The van der Waals surface area contributed by atoms with Crippen LogP contribution in [0, 0.1) is 35.3 Å². The highest BCUT2D eigenvalue weighted by Crippen LogP contribution is 2.30. The summed E-state index contributed by atoms with van der Waals surface area (Å²) in [7, 11) is 0. The number of pyridine rings is 1. The zero-order valence-electron chi connectivity index (χ0n) is 11.0. The normalized spacial score (nSPS) is 9.85. The van der Waals surface area contributed by atoms with Crippen LogP contribution in [-0.2, 0) is 0 Å². The largest absolute Gasteiger partial charge is 0.438 e. The highest BCUT2D eigenvalue weighted by atomic mass is 16.6. The highest BCUT2D eigenvalue weighted by molar-refractivity contribution is 5.50. The van der Waals surface area contributed by atoms with Crippen LogP contribution < -0.4 is 4.74 Å². The molecule has 0 amide bonds. The molecule has 0 bridgehead atoms. The molecular formula is C14H11N3O3. The Morgan fingerprint density at radius 2 is 2.05 bits per heavy atom. The first-order chi connectivity index (χ1) is 9.51. The first-order valence-electron chi connectivity index (χ1n) is 5.82. The molecule has 1 heterocycles. The lowest BCUT2D eigenvalue weighted by Gasteiger charge is -2.09. The summed E-state index contributed by atoms with van der Waals surface area (Å²) in [5.41, 5.74) is 1.54. The number of nitro groups is 1. The van der Waals surface area contributed by atoms with E-state index in [0.717, 1.165) is 5.56 Å². The van der Waals surface area contributed by atoms with E-state index in [-0.39, 0.29) is 17.3 Å². The Kier molecular flexibility index (Phi) is 3.62. The van der Waals surface area contributed by atoms with Gasteiger partial charge in [-0.15, -0.1) is 0 Å². The number of aromatic nitrogens is 1. The summed E-state index contributed by atoms with van der Waals surface area (Å²) in [6.45, 7) is 3.46. The first kappa shape index (κ1) is 13.5. The van der Waals surface area contributed by atoms with Crippen LogP contribution in [0.25, 0.3) is 0 Å². The van der Waals surface area contributed by atoms with Gasteiger partial charge in [0.2, 0.25) is 5.88 Å². The van der Waals surface area contributed by atoms with Crippen LogP contribution in [0.2, 0.25) is 0 Å². The summed E-state index contributed by atoms with van der Waals surface area (Å²) in [5, 5.41) is 19.7. The number of nitriles is 1. The Balaban J connectivity index is 2.40. The molecule has 20 heavy (non-hydrogen) atoms. The minimum absolute atomic E-state index is 0.0120. The van der Waals surface area contributed by atoms with E-state index in [2.05, 4.69) is 4.98 Å². The molecule has 1 aromatic heterocycles. The van der Waals surface area contributed by atoms with E-state index in [0.29, 0.717) is 11.3 Å². The Morgan fingerprint density at radius 3 is 2.70 bits per heavy atom. The van der Waals surface area contributed by atoms with Crippen LogP contribution in [0.5, 0.6) is 11.6 Å². The van der Waals surface area contributed by atoms with Crippen LogP contribution in [0.3, 0.4) is 0 Å². The SMILES string of the molecule is Cc1cc(C)c([N+](=O)[O-])cc1Oc1cccc(C#N)n1. The highest BCUT2D eigenvalue weighted by Gasteiger charge is 2.15. The van der Waals surface area contributed by atoms with E-state index in [1.807, 2.05) is 6.07 Å². The second-order valence-electron chi connectivity index (χ2n) is 4.24. The Hall–Kier alpha value is -2.94. The minimum Gasteiger partial charge on any atom is -0.438 e. The summed E-state index contributed by atoms with van der Waals surface area (Å²) in [4.78, 5) is 14.4. The molecule has 0 saturated carbocycles. The average molecular weight is 269 g/mol. The maximum absolute atomic E-state index is 10.9. The number of hydrogen-bond acceptors (Lipinski definition) is 5. The third kappa shape index (κ3) is 2.72. The molecule has 0 saturated heterocycles. The van der Waals surface area contributed by atoms with Crippen molar-refractivity contribution in [3.8, 4) is 17.7 Å². The van der Waals surface area contributed by atoms with Gasteiger partial charge in [0.05, 0.1) is 11.0 Å². The van der Waals surface area contributed by atoms with Gasteiger partial charge in [-0.2, -0.15) is 5.26 Å². The van der Waals surface area contributed by atoms with E-state index in [1.54, 1.807) is 38.1 Å². The predicted molar refractivity (Wildman–Crippen MR) is 71.6 cm³/mol. The monoisotopic (exact) mass is 269 g/mol. The van der Waals surface area contributed by atoms with E-state index in [4.69, 9.17) is 10.00 Å². The summed E-state index contributed by atoms with van der Waals surface area (Å²) in [6.07, 6.45) is 0. The second kappa shape index (κ2) is 5.36. The average Bonchev–Trinajstić information content (AvgIpc) is 2.41. The summed E-state index contributed by atoms with van der Waals surface area (Å²) >= 11 is 0. The predicted octanol–water partition coefficient (Wildman–Crippen LogP) is 3.27. The third-order valence-corrected chi connectivity index (χ3v) is 2.74. The third-order valence-electron chi connectivity index (χ3n) is 2.74. The van der Waals surface area contributed by atoms with Gasteiger partial charge in [0.1, 0.15) is 17.5 Å². The molecular weight excluding hydrogens is 258 g/mol. The van der Waals surface area contributed by atoms with Gasteiger partial charge in [-0.25, -0.2) is 4.98 Å². The topological polar surface area (TPSA) is 89.0 Å². The van der Waals surface area contributed by atoms with Crippen molar-refractivity contribution < 1.29 is 9.66 Å². The molecule has 2 aromatic rings. The van der Waals surface area contributed by atoms with E-state index < -0.39 is 4.92 Å². The molecule has 0 radical (unpaired) electrons. The molecule has 0 unspecified atom stereocenters. The Labute approximate surface area is 115 Å². The molecule has 0 aliphatic rings. The fourth-order valence-corrected chi connectivity index (χ4v) is 1.77. The molecule has 6 heteroatoms. The quantitative estimate of drug-likeness (QED) is 0.630. The molecule has 0 aliphatic carbocycles. The van der Waals surface area contributed by atoms with Crippen LogP contribution in [0.4, 0.5) is 5.69 Å². The summed E-state index contributed by atoms with van der Waals surface area (Å²) < 4.78 is 5.53. The van der Waals surface area contributed by atoms with Gasteiger partial charge in [0, 0.05) is 11.6 Å². The van der Waals surface area contributed by atoms with E-state index >= 15 is 0 Å². The van der Waals surface area contributed by atoms with E-state index in [9.17, 15) is 10.1 Å². The summed E-state index contributed by atoms with van der Waals surface area (Å²) in [5.74, 6) is 0.579.